The predicted octanol–water partition coefficient (Wildman–Crippen LogP) is 3.01. The van der Waals surface area contributed by atoms with Crippen molar-refractivity contribution >= 4 is 0 Å². The molecule has 18 heavy (non-hydrogen) atoms. The molecule has 2 rings (SSSR count). The molecule has 100 valence electrons. The van der Waals surface area contributed by atoms with Crippen molar-refractivity contribution in [1.82, 2.24) is 4.90 Å². The molecule has 0 radical (unpaired) electrons. The van der Waals surface area contributed by atoms with Gasteiger partial charge in [-0.2, -0.15) is 0 Å². The van der Waals surface area contributed by atoms with Crippen LogP contribution in [0.5, 0.6) is 0 Å². The fourth-order valence-corrected chi connectivity index (χ4v) is 2.86. The summed E-state index contributed by atoms with van der Waals surface area (Å²) in [6.45, 7) is 5.65. The number of likely N-dealkylation sites (tertiary alicyclic amines) is 1. The van der Waals surface area contributed by atoms with Crippen LogP contribution < -0.4 is 5.73 Å². The summed E-state index contributed by atoms with van der Waals surface area (Å²) in [6.07, 6.45) is 3.72. The van der Waals surface area contributed by atoms with Gasteiger partial charge in [0.1, 0.15) is 5.82 Å². The summed E-state index contributed by atoms with van der Waals surface area (Å²) in [5.41, 5.74) is 7.63. The smallest absolute Gasteiger partial charge is 0.126 e. The fourth-order valence-electron chi connectivity index (χ4n) is 2.86. The van der Waals surface area contributed by atoms with E-state index < -0.39 is 0 Å². The molecule has 1 fully saturated rings. The minimum atomic E-state index is -0.129. The standard InChI is InChI=1S/C15H23FN2/c1-11-6-7-13(9-14(11)16)15(10-17)18-8-4-3-5-12(18)2/h6-7,9,12,15H,3-5,8,10,17H2,1-2H3. The molecule has 2 unspecified atom stereocenters. The second-order valence-electron chi connectivity index (χ2n) is 5.34. The van der Waals surface area contributed by atoms with Crippen LogP contribution in [0.2, 0.25) is 0 Å². The van der Waals surface area contributed by atoms with Gasteiger partial charge in [-0.3, -0.25) is 4.90 Å². The van der Waals surface area contributed by atoms with E-state index in [-0.39, 0.29) is 11.9 Å². The van der Waals surface area contributed by atoms with Gasteiger partial charge in [-0.1, -0.05) is 18.6 Å². The molecule has 1 aliphatic rings. The summed E-state index contributed by atoms with van der Waals surface area (Å²) in [5.74, 6) is -0.129. The van der Waals surface area contributed by atoms with Gasteiger partial charge in [0.15, 0.2) is 0 Å². The summed E-state index contributed by atoms with van der Waals surface area (Å²) >= 11 is 0. The average Bonchev–Trinajstić information content (AvgIpc) is 2.37. The number of benzene rings is 1. The number of hydrogen-bond acceptors (Lipinski definition) is 2. The number of hydrogen-bond donors (Lipinski definition) is 1. The minimum absolute atomic E-state index is 0.129. The SMILES string of the molecule is Cc1ccc(C(CN)N2CCCCC2C)cc1F. The average molecular weight is 250 g/mol. The highest BCUT2D eigenvalue weighted by Gasteiger charge is 2.26. The Hall–Kier alpha value is -0.930. The van der Waals surface area contributed by atoms with E-state index in [0.29, 0.717) is 18.2 Å². The van der Waals surface area contributed by atoms with Crippen LogP contribution in [-0.2, 0) is 0 Å². The van der Waals surface area contributed by atoms with E-state index in [1.165, 1.54) is 19.3 Å². The van der Waals surface area contributed by atoms with Crippen molar-refractivity contribution in [2.45, 2.75) is 45.2 Å². The first-order chi connectivity index (χ1) is 8.63. The molecule has 0 aromatic heterocycles. The van der Waals surface area contributed by atoms with Crippen LogP contribution in [0.15, 0.2) is 18.2 Å². The maximum atomic E-state index is 13.7. The van der Waals surface area contributed by atoms with Crippen LogP contribution in [0, 0.1) is 12.7 Å². The van der Waals surface area contributed by atoms with Crippen LogP contribution in [0.25, 0.3) is 0 Å². The van der Waals surface area contributed by atoms with Crippen molar-refractivity contribution in [3.8, 4) is 0 Å². The van der Waals surface area contributed by atoms with Gasteiger partial charge in [-0.15, -0.1) is 0 Å². The Balaban J connectivity index is 2.23. The summed E-state index contributed by atoms with van der Waals surface area (Å²) in [7, 11) is 0. The molecule has 0 aliphatic carbocycles. The number of halogens is 1. The Labute approximate surface area is 109 Å². The first-order valence-electron chi connectivity index (χ1n) is 6.85. The van der Waals surface area contributed by atoms with E-state index in [0.717, 1.165) is 12.1 Å². The Morgan fingerprint density at radius 1 is 1.44 bits per heavy atom. The first kappa shape index (κ1) is 13.5. The zero-order valence-electron chi connectivity index (χ0n) is 11.3. The second kappa shape index (κ2) is 5.81. The molecule has 0 saturated carbocycles. The maximum absolute atomic E-state index is 13.7. The highest BCUT2D eigenvalue weighted by Crippen LogP contribution is 2.28. The lowest BCUT2D eigenvalue weighted by molar-refractivity contribution is 0.108. The Bertz CT molecular complexity index is 405. The van der Waals surface area contributed by atoms with Gasteiger partial charge in [0.05, 0.1) is 0 Å². The molecule has 1 saturated heterocycles. The van der Waals surface area contributed by atoms with Crippen molar-refractivity contribution in [1.29, 1.82) is 0 Å². The van der Waals surface area contributed by atoms with E-state index >= 15 is 0 Å². The molecule has 3 heteroatoms. The van der Waals surface area contributed by atoms with Gasteiger partial charge in [0.25, 0.3) is 0 Å². The summed E-state index contributed by atoms with van der Waals surface area (Å²) < 4.78 is 13.7. The lowest BCUT2D eigenvalue weighted by Crippen LogP contribution is -2.43. The minimum Gasteiger partial charge on any atom is -0.329 e. The zero-order chi connectivity index (χ0) is 13.1. The summed E-state index contributed by atoms with van der Waals surface area (Å²) in [5, 5.41) is 0. The van der Waals surface area contributed by atoms with Gasteiger partial charge in [0.2, 0.25) is 0 Å². The third-order valence-electron chi connectivity index (χ3n) is 4.06. The lowest BCUT2D eigenvalue weighted by atomic mass is 9.96. The molecule has 0 spiro atoms. The van der Waals surface area contributed by atoms with Crippen LogP contribution in [0.4, 0.5) is 4.39 Å². The van der Waals surface area contributed by atoms with Crippen molar-refractivity contribution in [2.24, 2.45) is 5.73 Å². The largest absolute Gasteiger partial charge is 0.329 e. The van der Waals surface area contributed by atoms with Gasteiger partial charge in [-0.05, 0) is 50.4 Å². The normalized spacial score (nSPS) is 23.0. The molecular weight excluding hydrogens is 227 g/mol. The molecule has 1 aromatic rings. The van der Waals surface area contributed by atoms with E-state index in [1.807, 2.05) is 12.1 Å². The molecule has 2 atom stereocenters. The summed E-state index contributed by atoms with van der Waals surface area (Å²) in [6, 6.07) is 6.19. The Kier molecular flexibility index (Phi) is 4.36. The maximum Gasteiger partial charge on any atom is 0.126 e. The third kappa shape index (κ3) is 2.73. The van der Waals surface area contributed by atoms with Gasteiger partial charge in [-0.25, -0.2) is 4.39 Å². The van der Waals surface area contributed by atoms with Gasteiger partial charge < -0.3 is 5.73 Å². The van der Waals surface area contributed by atoms with Crippen LogP contribution in [0.3, 0.4) is 0 Å². The monoisotopic (exact) mass is 250 g/mol. The highest BCUT2D eigenvalue weighted by atomic mass is 19.1. The number of nitrogens with zero attached hydrogens (tertiary/aromatic N) is 1. The fraction of sp³-hybridized carbons (Fsp3) is 0.600. The molecule has 1 aliphatic heterocycles. The highest BCUT2D eigenvalue weighted by molar-refractivity contribution is 5.26. The van der Waals surface area contributed by atoms with Crippen LogP contribution in [-0.4, -0.2) is 24.0 Å². The van der Waals surface area contributed by atoms with Crippen LogP contribution in [0.1, 0.15) is 43.4 Å². The van der Waals surface area contributed by atoms with E-state index in [4.69, 9.17) is 5.73 Å². The Morgan fingerprint density at radius 2 is 2.22 bits per heavy atom. The predicted molar refractivity (Wildman–Crippen MR) is 73.0 cm³/mol. The molecule has 0 amide bonds. The molecule has 2 N–H and O–H groups in total. The lowest BCUT2D eigenvalue weighted by Gasteiger charge is -2.39. The van der Waals surface area contributed by atoms with E-state index in [2.05, 4.69) is 11.8 Å². The Morgan fingerprint density at radius 3 is 2.83 bits per heavy atom. The van der Waals surface area contributed by atoms with Crippen LogP contribution >= 0.6 is 0 Å². The molecule has 0 bridgehead atoms. The molecule has 1 heterocycles. The number of piperidine rings is 1. The first-order valence-corrected chi connectivity index (χ1v) is 6.85. The molecule has 1 aromatic carbocycles. The van der Waals surface area contributed by atoms with Gasteiger partial charge >= 0.3 is 0 Å². The van der Waals surface area contributed by atoms with E-state index in [9.17, 15) is 4.39 Å². The summed E-state index contributed by atoms with van der Waals surface area (Å²) in [4.78, 5) is 2.42. The topological polar surface area (TPSA) is 29.3 Å². The van der Waals surface area contributed by atoms with Crippen molar-refractivity contribution in [2.75, 3.05) is 13.1 Å². The third-order valence-corrected chi connectivity index (χ3v) is 4.06. The second-order valence-corrected chi connectivity index (χ2v) is 5.34. The molecular formula is C15H23FN2. The molecule has 2 nitrogen and oxygen atoms in total. The zero-order valence-corrected chi connectivity index (χ0v) is 11.3. The van der Waals surface area contributed by atoms with E-state index in [1.54, 1.807) is 13.0 Å². The quantitative estimate of drug-likeness (QED) is 0.893. The van der Waals surface area contributed by atoms with Crippen molar-refractivity contribution in [3.63, 3.8) is 0 Å². The number of rotatable bonds is 3. The van der Waals surface area contributed by atoms with Gasteiger partial charge in [0, 0.05) is 18.6 Å². The number of aryl methyl sites for hydroxylation is 1. The van der Waals surface area contributed by atoms with Crippen molar-refractivity contribution < 1.29 is 4.39 Å². The van der Waals surface area contributed by atoms with Crippen molar-refractivity contribution in [3.05, 3.63) is 35.1 Å². The number of nitrogens with two attached hydrogens (primary N) is 1.